The third kappa shape index (κ3) is 10.1. The van der Waals surface area contributed by atoms with Crippen molar-refractivity contribution in [2.45, 2.75) is 104 Å². The van der Waals surface area contributed by atoms with E-state index in [1.807, 2.05) is 26.8 Å². The molecule has 0 bridgehead atoms. The summed E-state index contributed by atoms with van der Waals surface area (Å²) in [6.07, 6.45) is 13.7. The second kappa shape index (κ2) is 12.3. The Kier molecular flexibility index (Phi) is 10.8. The molecule has 1 aliphatic carbocycles. The maximum Gasteiger partial charge on any atom is 0.306 e. The topological polar surface area (TPSA) is 52.6 Å². The molecule has 0 aromatic carbocycles. The molecule has 0 aromatic heterocycles. The van der Waals surface area contributed by atoms with Gasteiger partial charge in [-0.15, -0.1) is 0 Å². The van der Waals surface area contributed by atoms with Gasteiger partial charge in [0.05, 0.1) is 12.0 Å². The minimum Gasteiger partial charge on any atom is -0.460 e. The van der Waals surface area contributed by atoms with Crippen LogP contribution in [-0.2, 0) is 19.1 Å². The molecule has 0 fully saturated rings. The molecule has 150 valence electrons. The van der Waals surface area contributed by atoms with Crippen LogP contribution in [0.15, 0.2) is 12.2 Å². The summed E-state index contributed by atoms with van der Waals surface area (Å²) < 4.78 is 11.2. The van der Waals surface area contributed by atoms with E-state index in [0.717, 1.165) is 32.1 Å². The molecule has 0 amide bonds. The monoisotopic (exact) mass is 366 g/mol. The van der Waals surface area contributed by atoms with E-state index in [9.17, 15) is 9.59 Å². The van der Waals surface area contributed by atoms with Gasteiger partial charge in [-0.2, -0.15) is 0 Å². The van der Waals surface area contributed by atoms with Gasteiger partial charge in [-0.05, 0) is 46.1 Å². The average molecular weight is 367 g/mol. The highest BCUT2D eigenvalue weighted by molar-refractivity contribution is 5.95. The van der Waals surface area contributed by atoms with Crippen LogP contribution in [0.3, 0.4) is 0 Å². The molecule has 26 heavy (non-hydrogen) atoms. The fourth-order valence-electron chi connectivity index (χ4n) is 3.22. The Morgan fingerprint density at radius 1 is 1.04 bits per heavy atom. The number of esters is 1. The Bertz CT molecular complexity index is 448. The Morgan fingerprint density at radius 2 is 1.73 bits per heavy atom. The number of rotatable bonds is 13. The molecule has 0 saturated carbocycles. The molecular formula is C22H38O4. The van der Waals surface area contributed by atoms with Crippen molar-refractivity contribution in [1.29, 1.82) is 0 Å². The van der Waals surface area contributed by atoms with Gasteiger partial charge < -0.3 is 9.47 Å². The van der Waals surface area contributed by atoms with Crippen molar-refractivity contribution < 1.29 is 19.1 Å². The highest BCUT2D eigenvalue weighted by Gasteiger charge is 2.30. The maximum atomic E-state index is 12.0. The van der Waals surface area contributed by atoms with Crippen LogP contribution in [0.1, 0.15) is 91.9 Å². The molecule has 2 atom stereocenters. The Morgan fingerprint density at radius 3 is 2.42 bits per heavy atom. The van der Waals surface area contributed by atoms with Crippen LogP contribution < -0.4 is 0 Å². The molecule has 4 heteroatoms. The quantitative estimate of drug-likeness (QED) is 0.324. The van der Waals surface area contributed by atoms with Crippen LogP contribution >= 0.6 is 0 Å². The zero-order valence-corrected chi connectivity index (χ0v) is 17.2. The first kappa shape index (κ1) is 22.9. The Balaban J connectivity index is 2.12. The molecule has 0 heterocycles. The van der Waals surface area contributed by atoms with Gasteiger partial charge in [-0.1, -0.05) is 51.5 Å². The number of allylic oxidation sites excluding steroid dienone is 1. The van der Waals surface area contributed by atoms with Crippen LogP contribution in [0.4, 0.5) is 0 Å². The molecule has 0 N–H and O–H groups in total. The highest BCUT2D eigenvalue weighted by Crippen LogP contribution is 2.25. The number of unbranched alkanes of at least 4 members (excludes halogenated alkanes) is 6. The number of carbonyl (C=O) groups excluding carboxylic acids is 2. The molecule has 0 aliphatic heterocycles. The van der Waals surface area contributed by atoms with Gasteiger partial charge in [0.15, 0.2) is 5.78 Å². The van der Waals surface area contributed by atoms with E-state index in [1.165, 1.54) is 25.7 Å². The first-order valence-corrected chi connectivity index (χ1v) is 10.4. The standard InChI is InChI=1S/C22H38O4/c1-5-6-7-8-10-13-18-19(23)15-16-20(18)25-17-12-9-11-14-21(24)26-22(2,3)4/h15-16,18,20H,5-14,17H2,1-4H3/t18-,20+/m0/s1. The summed E-state index contributed by atoms with van der Waals surface area (Å²) in [4.78, 5) is 23.7. The van der Waals surface area contributed by atoms with Crippen LogP contribution in [-0.4, -0.2) is 30.1 Å². The minimum atomic E-state index is -0.410. The van der Waals surface area contributed by atoms with Crippen molar-refractivity contribution in [2.75, 3.05) is 6.61 Å². The Hall–Kier alpha value is -1.16. The van der Waals surface area contributed by atoms with Crippen LogP contribution in [0.2, 0.25) is 0 Å². The van der Waals surface area contributed by atoms with Crippen LogP contribution in [0.5, 0.6) is 0 Å². The smallest absolute Gasteiger partial charge is 0.306 e. The average Bonchev–Trinajstić information content (AvgIpc) is 2.89. The van der Waals surface area contributed by atoms with Crippen molar-refractivity contribution in [1.82, 2.24) is 0 Å². The van der Waals surface area contributed by atoms with Gasteiger partial charge in [0.25, 0.3) is 0 Å². The summed E-state index contributed by atoms with van der Waals surface area (Å²) in [5.74, 6) is 0.0969. The number of ether oxygens (including phenoxy) is 2. The van der Waals surface area contributed by atoms with Crippen LogP contribution in [0.25, 0.3) is 0 Å². The van der Waals surface area contributed by atoms with E-state index >= 15 is 0 Å². The van der Waals surface area contributed by atoms with E-state index < -0.39 is 5.60 Å². The van der Waals surface area contributed by atoms with E-state index in [1.54, 1.807) is 6.08 Å². The van der Waals surface area contributed by atoms with Crippen molar-refractivity contribution in [3.8, 4) is 0 Å². The van der Waals surface area contributed by atoms with Gasteiger partial charge in [-0.3, -0.25) is 9.59 Å². The normalized spacial score (nSPS) is 19.9. The fraction of sp³-hybridized carbons (Fsp3) is 0.818. The number of ketones is 1. The maximum absolute atomic E-state index is 12.0. The molecule has 0 radical (unpaired) electrons. The first-order valence-electron chi connectivity index (χ1n) is 10.4. The predicted molar refractivity (Wildman–Crippen MR) is 105 cm³/mol. The van der Waals surface area contributed by atoms with Crippen molar-refractivity contribution in [3.05, 3.63) is 12.2 Å². The Labute approximate surface area is 159 Å². The zero-order valence-electron chi connectivity index (χ0n) is 17.2. The lowest BCUT2D eigenvalue weighted by atomic mass is 9.95. The highest BCUT2D eigenvalue weighted by atomic mass is 16.6. The van der Waals surface area contributed by atoms with Gasteiger partial charge >= 0.3 is 5.97 Å². The van der Waals surface area contributed by atoms with Gasteiger partial charge in [-0.25, -0.2) is 0 Å². The molecule has 4 nitrogen and oxygen atoms in total. The van der Waals surface area contributed by atoms with E-state index in [-0.39, 0.29) is 23.8 Å². The largest absolute Gasteiger partial charge is 0.460 e. The molecular weight excluding hydrogens is 328 g/mol. The van der Waals surface area contributed by atoms with E-state index in [4.69, 9.17) is 9.47 Å². The summed E-state index contributed by atoms with van der Waals surface area (Å²) in [5, 5.41) is 0. The van der Waals surface area contributed by atoms with E-state index in [2.05, 4.69) is 6.92 Å². The van der Waals surface area contributed by atoms with Crippen molar-refractivity contribution >= 4 is 11.8 Å². The molecule has 0 saturated heterocycles. The summed E-state index contributed by atoms with van der Waals surface area (Å²) >= 11 is 0. The van der Waals surface area contributed by atoms with Gasteiger partial charge in [0.1, 0.15) is 5.60 Å². The van der Waals surface area contributed by atoms with Gasteiger partial charge in [0.2, 0.25) is 0 Å². The summed E-state index contributed by atoms with van der Waals surface area (Å²) in [6, 6.07) is 0. The minimum absolute atomic E-state index is 0.0124. The number of carbonyl (C=O) groups is 2. The lowest BCUT2D eigenvalue weighted by Gasteiger charge is -2.19. The molecule has 0 aromatic rings. The molecule has 0 spiro atoms. The lowest BCUT2D eigenvalue weighted by Crippen LogP contribution is -2.24. The third-order valence-corrected chi connectivity index (χ3v) is 4.59. The summed E-state index contributed by atoms with van der Waals surface area (Å²) in [5.41, 5.74) is -0.410. The van der Waals surface area contributed by atoms with Crippen molar-refractivity contribution in [3.63, 3.8) is 0 Å². The second-order valence-electron chi connectivity index (χ2n) is 8.30. The molecule has 1 rings (SSSR count). The first-order chi connectivity index (χ1) is 12.3. The van der Waals surface area contributed by atoms with Crippen molar-refractivity contribution in [2.24, 2.45) is 5.92 Å². The van der Waals surface area contributed by atoms with Gasteiger partial charge in [0, 0.05) is 13.0 Å². The molecule has 0 unspecified atom stereocenters. The predicted octanol–water partition coefficient (Wildman–Crippen LogP) is 5.39. The fourth-order valence-corrected chi connectivity index (χ4v) is 3.22. The zero-order chi connectivity index (χ0) is 19.4. The second-order valence-corrected chi connectivity index (χ2v) is 8.30. The number of hydrogen-bond acceptors (Lipinski definition) is 4. The summed E-state index contributed by atoms with van der Waals surface area (Å²) in [6.45, 7) is 8.50. The SMILES string of the molecule is CCCCCCC[C@H]1C(=O)C=C[C@H]1OCCCCCC(=O)OC(C)(C)C. The third-order valence-electron chi connectivity index (χ3n) is 4.59. The lowest BCUT2D eigenvalue weighted by molar-refractivity contribution is -0.155. The van der Waals surface area contributed by atoms with Crippen LogP contribution in [0, 0.1) is 5.92 Å². The summed E-state index contributed by atoms with van der Waals surface area (Å²) in [7, 11) is 0. The molecule has 1 aliphatic rings. The number of hydrogen-bond donors (Lipinski definition) is 0. The van der Waals surface area contributed by atoms with E-state index in [0.29, 0.717) is 13.0 Å².